The average Bonchev–Trinajstić information content (AvgIpc) is 2.61. The van der Waals surface area contributed by atoms with Crippen LogP contribution in [-0.2, 0) is 6.54 Å². The van der Waals surface area contributed by atoms with Crippen molar-refractivity contribution in [2.75, 3.05) is 6.61 Å². The molecule has 1 heterocycles. The molecule has 1 aliphatic heterocycles. The fourth-order valence-corrected chi connectivity index (χ4v) is 2.58. The minimum absolute atomic E-state index is 0. The van der Waals surface area contributed by atoms with Crippen molar-refractivity contribution in [1.29, 1.82) is 5.26 Å². The van der Waals surface area contributed by atoms with Gasteiger partial charge in [0.1, 0.15) is 5.75 Å². The van der Waals surface area contributed by atoms with Gasteiger partial charge in [0.15, 0.2) is 5.96 Å². The van der Waals surface area contributed by atoms with E-state index in [1.807, 2.05) is 36.4 Å². The molecule has 6 heteroatoms. The van der Waals surface area contributed by atoms with Crippen molar-refractivity contribution >= 4 is 29.9 Å². The first-order valence-corrected chi connectivity index (χ1v) is 7.53. The first kappa shape index (κ1) is 18.1. The maximum atomic E-state index is 8.79. The van der Waals surface area contributed by atoms with E-state index in [9.17, 15) is 0 Å². The van der Waals surface area contributed by atoms with Crippen molar-refractivity contribution in [3.63, 3.8) is 0 Å². The Balaban J connectivity index is 0.00000208. The van der Waals surface area contributed by atoms with Crippen LogP contribution in [0.5, 0.6) is 5.75 Å². The van der Waals surface area contributed by atoms with Crippen molar-refractivity contribution in [2.45, 2.75) is 19.0 Å². The van der Waals surface area contributed by atoms with Crippen molar-refractivity contribution in [2.24, 2.45) is 10.7 Å². The number of nitrogens with two attached hydrogens (primary N) is 1. The summed E-state index contributed by atoms with van der Waals surface area (Å²) in [6.45, 7) is 1.15. The summed E-state index contributed by atoms with van der Waals surface area (Å²) in [6, 6.07) is 17.5. The molecule has 0 saturated carbocycles. The van der Waals surface area contributed by atoms with Gasteiger partial charge in [0.05, 0.1) is 30.8 Å². The van der Waals surface area contributed by atoms with Crippen molar-refractivity contribution < 1.29 is 4.74 Å². The highest BCUT2D eigenvalue weighted by molar-refractivity contribution is 14.0. The molecule has 0 amide bonds. The quantitative estimate of drug-likeness (QED) is 0.442. The number of hydrogen-bond acceptors (Lipinski definition) is 3. The number of nitrogens with zero attached hydrogens (tertiary/aromatic N) is 2. The molecule has 124 valence electrons. The van der Waals surface area contributed by atoms with Crippen LogP contribution in [0.4, 0.5) is 0 Å². The molecule has 3 rings (SSSR count). The molecule has 0 aliphatic carbocycles. The molecule has 2 aromatic rings. The van der Waals surface area contributed by atoms with E-state index in [0.29, 0.717) is 24.7 Å². The maximum Gasteiger partial charge on any atom is 0.189 e. The molecule has 2 aromatic carbocycles. The highest BCUT2D eigenvalue weighted by Gasteiger charge is 2.21. The molecule has 24 heavy (non-hydrogen) atoms. The summed E-state index contributed by atoms with van der Waals surface area (Å²) in [4.78, 5) is 4.38. The van der Waals surface area contributed by atoms with E-state index in [2.05, 4.69) is 16.4 Å². The summed E-state index contributed by atoms with van der Waals surface area (Å²) in [7, 11) is 0. The van der Waals surface area contributed by atoms with Gasteiger partial charge in [-0.3, -0.25) is 0 Å². The van der Waals surface area contributed by atoms with Gasteiger partial charge in [0.25, 0.3) is 0 Å². The van der Waals surface area contributed by atoms with Crippen LogP contribution in [0.2, 0.25) is 0 Å². The zero-order chi connectivity index (χ0) is 16.1. The van der Waals surface area contributed by atoms with Gasteiger partial charge in [-0.1, -0.05) is 30.3 Å². The summed E-state index contributed by atoms with van der Waals surface area (Å²) in [5.74, 6) is 1.31. The van der Waals surface area contributed by atoms with Crippen LogP contribution in [-0.4, -0.2) is 12.6 Å². The number of halogens is 1. The van der Waals surface area contributed by atoms with Crippen LogP contribution in [0.3, 0.4) is 0 Å². The zero-order valence-electron chi connectivity index (χ0n) is 13.1. The lowest BCUT2D eigenvalue weighted by atomic mass is 10.0. The van der Waals surface area contributed by atoms with E-state index in [1.54, 1.807) is 12.1 Å². The Morgan fingerprint density at radius 3 is 2.75 bits per heavy atom. The molecule has 1 atom stereocenters. The van der Waals surface area contributed by atoms with Gasteiger partial charge in [-0.05, 0) is 23.8 Å². The molecule has 0 saturated heterocycles. The number of nitriles is 1. The SMILES string of the molecule is I.N#Cc1ccc(CN=C(N)NC2CCOc3ccccc32)cc1. The normalized spacial score (nSPS) is 16.1. The Bertz CT molecular complexity index is 752. The van der Waals surface area contributed by atoms with Crippen LogP contribution in [0, 0.1) is 11.3 Å². The molecule has 0 aromatic heterocycles. The van der Waals surface area contributed by atoms with E-state index in [1.165, 1.54) is 0 Å². The van der Waals surface area contributed by atoms with Gasteiger partial charge in [0.2, 0.25) is 0 Å². The topological polar surface area (TPSA) is 83.4 Å². The highest BCUT2D eigenvalue weighted by Crippen LogP contribution is 2.31. The number of benzene rings is 2. The third-order valence-electron chi connectivity index (χ3n) is 3.80. The minimum Gasteiger partial charge on any atom is -0.493 e. The van der Waals surface area contributed by atoms with Crippen LogP contribution >= 0.6 is 24.0 Å². The van der Waals surface area contributed by atoms with Crippen molar-refractivity contribution in [3.8, 4) is 11.8 Å². The van der Waals surface area contributed by atoms with Gasteiger partial charge in [-0.2, -0.15) is 5.26 Å². The van der Waals surface area contributed by atoms with Gasteiger partial charge in [-0.25, -0.2) is 4.99 Å². The lowest BCUT2D eigenvalue weighted by Crippen LogP contribution is -2.37. The lowest BCUT2D eigenvalue weighted by molar-refractivity contribution is 0.262. The van der Waals surface area contributed by atoms with Gasteiger partial charge in [0, 0.05) is 12.0 Å². The monoisotopic (exact) mass is 434 g/mol. The maximum absolute atomic E-state index is 8.79. The average molecular weight is 434 g/mol. The number of rotatable bonds is 3. The first-order chi connectivity index (χ1) is 11.3. The second kappa shape index (κ2) is 8.55. The van der Waals surface area contributed by atoms with E-state index in [4.69, 9.17) is 15.7 Å². The van der Waals surface area contributed by atoms with Crippen LogP contribution in [0.1, 0.15) is 29.2 Å². The van der Waals surface area contributed by atoms with Gasteiger partial charge >= 0.3 is 0 Å². The molecule has 3 N–H and O–H groups in total. The largest absolute Gasteiger partial charge is 0.493 e. The van der Waals surface area contributed by atoms with Crippen LogP contribution in [0.15, 0.2) is 53.5 Å². The highest BCUT2D eigenvalue weighted by atomic mass is 127. The molecule has 5 nitrogen and oxygen atoms in total. The Labute approximate surface area is 158 Å². The lowest BCUT2D eigenvalue weighted by Gasteiger charge is -2.26. The molecular formula is C18H19IN4O. The predicted molar refractivity (Wildman–Crippen MR) is 104 cm³/mol. The third kappa shape index (κ3) is 4.38. The van der Waals surface area contributed by atoms with E-state index < -0.39 is 0 Å². The number of para-hydroxylation sites is 1. The Kier molecular flexibility index (Phi) is 6.44. The fraction of sp³-hybridized carbons (Fsp3) is 0.222. The van der Waals surface area contributed by atoms with E-state index in [-0.39, 0.29) is 30.0 Å². The number of guanidine groups is 1. The number of aliphatic imine (C=N–C) groups is 1. The Hall–Kier alpha value is -2.27. The zero-order valence-corrected chi connectivity index (χ0v) is 15.4. The summed E-state index contributed by atoms with van der Waals surface area (Å²) in [5, 5.41) is 12.1. The standard InChI is InChI=1S/C18H18N4O.HI/c19-11-13-5-7-14(8-6-13)12-21-18(20)22-16-9-10-23-17-4-2-1-3-15(16)17;/h1-8,16H,9-10,12H2,(H3,20,21,22);1H. The Morgan fingerprint density at radius 1 is 1.25 bits per heavy atom. The molecule has 1 unspecified atom stereocenters. The number of fused-ring (bicyclic) bond motifs is 1. The van der Waals surface area contributed by atoms with Crippen molar-refractivity contribution in [3.05, 3.63) is 65.2 Å². The minimum atomic E-state index is 0. The predicted octanol–water partition coefficient (Wildman–Crippen LogP) is 3.10. The van der Waals surface area contributed by atoms with E-state index in [0.717, 1.165) is 23.3 Å². The second-order valence-electron chi connectivity index (χ2n) is 5.38. The molecule has 0 radical (unpaired) electrons. The van der Waals surface area contributed by atoms with Crippen LogP contribution in [0.25, 0.3) is 0 Å². The first-order valence-electron chi connectivity index (χ1n) is 7.53. The number of hydrogen-bond donors (Lipinski definition) is 2. The van der Waals surface area contributed by atoms with Gasteiger partial charge < -0.3 is 15.8 Å². The molecular weight excluding hydrogens is 415 g/mol. The number of nitrogens with one attached hydrogen (secondary N) is 1. The summed E-state index contributed by atoms with van der Waals surface area (Å²) < 4.78 is 5.64. The van der Waals surface area contributed by atoms with E-state index >= 15 is 0 Å². The molecule has 0 bridgehead atoms. The smallest absolute Gasteiger partial charge is 0.189 e. The van der Waals surface area contributed by atoms with Crippen molar-refractivity contribution in [1.82, 2.24) is 5.32 Å². The fourth-order valence-electron chi connectivity index (χ4n) is 2.58. The van der Waals surface area contributed by atoms with Crippen LogP contribution < -0.4 is 15.8 Å². The molecule has 0 fully saturated rings. The third-order valence-corrected chi connectivity index (χ3v) is 3.80. The Morgan fingerprint density at radius 2 is 2.00 bits per heavy atom. The molecule has 0 spiro atoms. The van der Waals surface area contributed by atoms with Gasteiger partial charge in [-0.15, -0.1) is 24.0 Å². The summed E-state index contributed by atoms with van der Waals surface area (Å²) >= 11 is 0. The summed E-state index contributed by atoms with van der Waals surface area (Å²) in [5.41, 5.74) is 8.77. The second-order valence-corrected chi connectivity index (χ2v) is 5.38. The summed E-state index contributed by atoms with van der Waals surface area (Å²) in [6.07, 6.45) is 0.851. The molecule has 1 aliphatic rings. The number of ether oxygens (including phenoxy) is 1.